The van der Waals surface area contributed by atoms with Crippen molar-refractivity contribution in [1.29, 1.82) is 0 Å². The largest absolute Gasteiger partial charge is 0.355 e. The summed E-state index contributed by atoms with van der Waals surface area (Å²) in [6.45, 7) is 2.14. The van der Waals surface area contributed by atoms with Crippen molar-refractivity contribution in [2.75, 3.05) is 13.1 Å². The first-order valence-corrected chi connectivity index (χ1v) is 13.3. The van der Waals surface area contributed by atoms with Gasteiger partial charge < -0.3 is 25.6 Å². The van der Waals surface area contributed by atoms with Gasteiger partial charge in [0.05, 0.1) is 35.9 Å². The highest BCUT2D eigenvalue weighted by Gasteiger charge is 2.20. The second kappa shape index (κ2) is 9.50. The fourth-order valence-corrected chi connectivity index (χ4v) is 5.55. The van der Waals surface area contributed by atoms with E-state index in [9.17, 15) is 0 Å². The summed E-state index contributed by atoms with van der Waals surface area (Å²) in [7, 11) is 0. The fourth-order valence-electron chi connectivity index (χ4n) is 5.55. The van der Waals surface area contributed by atoms with Gasteiger partial charge in [0.25, 0.3) is 0 Å². The number of imidazole rings is 2. The van der Waals surface area contributed by atoms with Crippen molar-refractivity contribution in [3.8, 4) is 45.0 Å². The van der Waals surface area contributed by atoms with Gasteiger partial charge in [-0.25, -0.2) is 9.97 Å². The first-order chi connectivity index (χ1) is 18.3. The zero-order chi connectivity index (χ0) is 24.6. The summed E-state index contributed by atoms with van der Waals surface area (Å²) in [6, 6.07) is 22.3. The van der Waals surface area contributed by atoms with Crippen LogP contribution >= 0.6 is 0 Å². The van der Waals surface area contributed by atoms with E-state index in [4.69, 9.17) is 0 Å². The molecule has 0 bridgehead atoms. The van der Waals surface area contributed by atoms with Crippen LogP contribution in [-0.4, -0.2) is 38.0 Å². The van der Waals surface area contributed by atoms with Crippen LogP contribution in [0, 0.1) is 0 Å². The number of aromatic amines is 3. The molecule has 2 unspecified atom stereocenters. The maximum Gasteiger partial charge on any atom is 0.123 e. The lowest BCUT2D eigenvalue weighted by Crippen LogP contribution is -2.14. The van der Waals surface area contributed by atoms with Crippen LogP contribution in [0.3, 0.4) is 0 Å². The summed E-state index contributed by atoms with van der Waals surface area (Å²) < 4.78 is 0. The highest BCUT2D eigenvalue weighted by molar-refractivity contribution is 5.72. The monoisotopic (exact) mass is 489 g/mol. The molecule has 0 aliphatic carbocycles. The standard InChI is InChI=1S/C30H31N7/c1-3-25(31-15-1)29-33-17-27(36-29)21-9-5-19(6-10-21)23-13-14-24(35-23)20-7-11-22(12-8-20)28-18-34-30(37-28)26-4-2-16-32-26/h5-14,17-18,25-26,31-32,35H,1-4,15-16H2,(H,33,36)(H,34,37). The Morgan fingerprint density at radius 2 is 0.892 bits per heavy atom. The molecule has 0 saturated carbocycles. The predicted octanol–water partition coefficient (Wildman–Crippen LogP) is 5.98. The number of benzene rings is 2. The maximum absolute atomic E-state index is 4.60. The molecule has 0 radical (unpaired) electrons. The Morgan fingerprint density at radius 3 is 1.27 bits per heavy atom. The van der Waals surface area contributed by atoms with Crippen molar-refractivity contribution in [3.63, 3.8) is 0 Å². The second-order valence-corrected chi connectivity index (χ2v) is 10.1. The third kappa shape index (κ3) is 4.41. The minimum absolute atomic E-state index is 0.352. The topological polar surface area (TPSA) is 97.2 Å². The van der Waals surface area contributed by atoms with E-state index in [1.54, 1.807) is 0 Å². The Bertz CT molecular complexity index is 1370. The molecule has 5 N–H and O–H groups in total. The molecule has 7 heteroatoms. The molecule has 3 aromatic heterocycles. The zero-order valence-electron chi connectivity index (χ0n) is 20.7. The van der Waals surface area contributed by atoms with E-state index in [1.807, 2.05) is 12.4 Å². The summed E-state index contributed by atoms with van der Waals surface area (Å²) in [5.74, 6) is 2.07. The van der Waals surface area contributed by atoms with Crippen molar-refractivity contribution in [1.82, 2.24) is 35.6 Å². The molecule has 0 amide bonds. The molecule has 2 aliphatic heterocycles. The molecule has 7 rings (SSSR count). The summed E-state index contributed by atoms with van der Waals surface area (Å²) in [5, 5.41) is 7.00. The Labute approximate surface area is 216 Å². The Balaban J connectivity index is 1.05. The van der Waals surface area contributed by atoms with Crippen LogP contribution in [0.2, 0.25) is 0 Å². The van der Waals surface area contributed by atoms with E-state index < -0.39 is 0 Å². The molecule has 7 nitrogen and oxygen atoms in total. The van der Waals surface area contributed by atoms with Crippen LogP contribution < -0.4 is 10.6 Å². The van der Waals surface area contributed by atoms with Gasteiger partial charge in [-0.3, -0.25) is 0 Å². The molecule has 5 aromatic rings. The minimum Gasteiger partial charge on any atom is -0.355 e. The first kappa shape index (κ1) is 22.3. The van der Waals surface area contributed by atoms with Crippen LogP contribution in [0.1, 0.15) is 49.4 Å². The lowest BCUT2D eigenvalue weighted by Gasteiger charge is -2.06. The average molecular weight is 490 g/mol. The van der Waals surface area contributed by atoms with E-state index in [0.717, 1.165) is 82.6 Å². The van der Waals surface area contributed by atoms with E-state index >= 15 is 0 Å². The summed E-state index contributed by atoms with van der Waals surface area (Å²) >= 11 is 0. The van der Waals surface area contributed by atoms with Crippen LogP contribution in [0.4, 0.5) is 0 Å². The van der Waals surface area contributed by atoms with Crippen molar-refractivity contribution in [3.05, 3.63) is 84.7 Å². The highest BCUT2D eigenvalue weighted by atomic mass is 15.0. The van der Waals surface area contributed by atoms with Crippen LogP contribution in [0.15, 0.2) is 73.1 Å². The summed E-state index contributed by atoms with van der Waals surface area (Å²) in [6.07, 6.45) is 8.59. The molecule has 2 aromatic carbocycles. The smallest absolute Gasteiger partial charge is 0.123 e. The van der Waals surface area contributed by atoms with Gasteiger partial charge >= 0.3 is 0 Å². The van der Waals surface area contributed by atoms with E-state index in [1.165, 1.54) is 12.8 Å². The second-order valence-electron chi connectivity index (χ2n) is 10.1. The number of nitrogens with one attached hydrogen (secondary N) is 5. The van der Waals surface area contributed by atoms with E-state index in [0.29, 0.717) is 12.1 Å². The van der Waals surface area contributed by atoms with Gasteiger partial charge in [0, 0.05) is 11.4 Å². The normalized spacial score (nSPS) is 19.6. The van der Waals surface area contributed by atoms with Crippen LogP contribution in [0.25, 0.3) is 45.0 Å². The maximum atomic E-state index is 4.60. The molecule has 2 fully saturated rings. The quantitative estimate of drug-likeness (QED) is 0.203. The molecule has 2 saturated heterocycles. The van der Waals surface area contributed by atoms with Crippen LogP contribution in [-0.2, 0) is 0 Å². The number of rotatable bonds is 6. The molecule has 5 heterocycles. The van der Waals surface area contributed by atoms with Crippen molar-refractivity contribution < 1.29 is 0 Å². The molecule has 2 aliphatic rings. The Morgan fingerprint density at radius 1 is 0.486 bits per heavy atom. The van der Waals surface area contributed by atoms with Gasteiger partial charge in [-0.15, -0.1) is 0 Å². The highest BCUT2D eigenvalue weighted by Crippen LogP contribution is 2.30. The SMILES string of the molecule is c1cc(-c2cnc(C3CCCN3)[nH]2)ccc1-c1ccc(-c2ccc(-c3cnc(C4CCCN4)[nH]3)cc2)[nH]1. The third-order valence-electron chi connectivity index (χ3n) is 7.67. The van der Waals surface area contributed by atoms with Gasteiger partial charge in [0.15, 0.2) is 0 Å². The first-order valence-electron chi connectivity index (χ1n) is 13.3. The minimum atomic E-state index is 0.352. The number of nitrogens with zero attached hydrogens (tertiary/aromatic N) is 2. The number of H-pyrrole nitrogens is 3. The zero-order valence-corrected chi connectivity index (χ0v) is 20.7. The fraction of sp³-hybridized carbons (Fsp3) is 0.267. The third-order valence-corrected chi connectivity index (χ3v) is 7.67. The molecule has 37 heavy (non-hydrogen) atoms. The molecular weight excluding hydrogens is 458 g/mol. The number of hydrogen-bond acceptors (Lipinski definition) is 4. The predicted molar refractivity (Wildman–Crippen MR) is 147 cm³/mol. The Hall–Kier alpha value is -3.94. The summed E-state index contributed by atoms with van der Waals surface area (Å²) in [5.41, 5.74) is 8.95. The lowest BCUT2D eigenvalue weighted by molar-refractivity contribution is 0.613. The molecule has 0 spiro atoms. The Kier molecular flexibility index (Phi) is 5.72. The van der Waals surface area contributed by atoms with Crippen molar-refractivity contribution in [2.45, 2.75) is 37.8 Å². The summed E-state index contributed by atoms with van der Waals surface area (Å²) in [4.78, 5) is 19.8. The van der Waals surface area contributed by atoms with Gasteiger partial charge in [-0.05, 0) is 73.2 Å². The van der Waals surface area contributed by atoms with Crippen LogP contribution in [0.5, 0.6) is 0 Å². The van der Waals surface area contributed by atoms with Crippen molar-refractivity contribution >= 4 is 0 Å². The molecular formula is C30H31N7. The van der Waals surface area contributed by atoms with E-state index in [-0.39, 0.29) is 0 Å². The van der Waals surface area contributed by atoms with Gasteiger partial charge in [0.1, 0.15) is 11.6 Å². The lowest BCUT2D eigenvalue weighted by atomic mass is 10.1. The van der Waals surface area contributed by atoms with E-state index in [2.05, 4.69) is 96.2 Å². The number of aromatic nitrogens is 5. The van der Waals surface area contributed by atoms with Crippen molar-refractivity contribution in [2.24, 2.45) is 0 Å². The van der Waals surface area contributed by atoms with Gasteiger partial charge in [-0.1, -0.05) is 48.5 Å². The number of hydrogen-bond donors (Lipinski definition) is 5. The van der Waals surface area contributed by atoms with Gasteiger partial charge in [0.2, 0.25) is 0 Å². The van der Waals surface area contributed by atoms with Gasteiger partial charge in [-0.2, -0.15) is 0 Å². The average Bonchev–Trinajstić information content (AvgIpc) is 3.77. The molecule has 2 atom stereocenters. The molecule has 186 valence electrons.